The molecule has 31 heavy (non-hydrogen) atoms. The molecule has 0 heterocycles. The molecule has 0 spiro atoms. The highest BCUT2D eigenvalue weighted by Gasteiger charge is 2.58. The van der Waals surface area contributed by atoms with Gasteiger partial charge in [0.1, 0.15) is 0 Å². The second kappa shape index (κ2) is 8.18. The molecule has 0 radical (unpaired) electrons. The Morgan fingerprint density at radius 1 is 1.03 bits per heavy atom. The van der Waals surface area contributed by atoms with Crippen LogP contribution in [0.3, 0.4) is 0 Å². The Morgan fingerprint density at radius 3 is 2.65 bits per heavy atom. The summed E-state index contributed by atoms with van der Waals surface area (Å²) in [5, 5.41) is 10.2. The third kappa shape index (κ3) is 3.63. The second-order valence-corrected chi connectivity index (χ2v) is 11.6. The smallest absolute Gasteiger partial charge is 0.0577 e. The molecule has 3 saturated carbocycles. The van der Waals surface area contributed by atoms with E-state index in [1.807, 2.05) is 0 Å². The molecule has 0 unspecified atom stereocenters. The van der Waals surface area contributed by atoms with Crippen LogP contribution >= 0.6 is 0 Å². The molecule has 0 saturated heterocycles. The second-order valence-electron chi connectivity index (χ2n) is 11.6. The Balaban J connectivity index is 1.31. The van der Waals surface area contributed by atoms with E-state index in [1.54, 1.807) is 5.57 Å². The van der Waals surface area contributed by atoms with E-state index in [2.05, 4.69) is 57.2 Å². The Kier molecular flexibility index (Phi) is 5.65. The monoisotopic (exact) mass is 419 g/mol. The lowest BCUT2D eigenvalue weighted by molar-refractivity contribution is -0.0423. The molecule has 0 amide bonds. The summed E-state index contributed by atoms with van der Waals surface area (Å²) in [6.45, 7) is 8.38. The summed E-state index contributed by atoms with van der Waals surface area (Å²) in [6, 6.07) is 10.8. The van der Waals surface area contributed by atoms with Gasteiger partial charge in [0.25, 0.3) is 0 Å². The van der Waals surface area contributed by atoms with Gasteiger partial charge < -0.3 is 5.11 Å². The highest BCUT2D eigenvalue weighted by Crippen LogP contribution is 2.66. The molecule has 0 aliphatic heterocycles. The van der Waals surface area contributed by atoms with Crippen molar-refractivity contribution in [1.29, 1.82) is 0 Å². The van der Waals surface area contributed by atoms with Gasteiger partial charge in [-0.15, -0.1) is 0 Å². The maximum absolute atomic E-state index is 10.2. The summed E-state index contributed by atoms with van der Waals surface area (Å²) in [7, 11) is 0. The van der Waals surface area contributed by atoms with Crippen molar-refractivity contribution in [3.63, 3.8) is 0 Å². The van der Waals surface area contributed by atoms with Crippen LogP contribution in [0.1, 0.15) is 77.7 Å². The van der Waals surface area contributed by atoms with E-state index >= 15 is 0 Å². The fourth-order valence-corrected chi connectivity index (χ4v) is 8.44. The van der Waals surface area contributed by atoms with Crippen molar-refractivity contribution in [3.8, 4) is 0 Å². The van der Waals surface area contributed by atoms with Crippen LogP contribution in [0.25, 0.3) is 0 Å². The van der Waals surface area contributed by atoms with E-state index in [-0.39, 0.29) is 6.10 Å². The Hall–Kier alpha value is -1.41. The topological polar surface area (TPSA) is 32.6 Å². The molecule has 0 bridgehead atoms. The minimum absolute atomic E-state index is 0.102. The van der Waals surface area contributed by atoms with Gasteiger partial charge in [0, 0.05) is 18.2 Å². The van der Waals surface area contributed by atoms with Crippen LogP contribution in [0.2, 0.25) is 0 Å². The lowest BCUT2D eigenvalue weighted by atomic mass is 9.47. The standard InChI is InChI=1S/C29H41NO/c1-20(30-18-15-21-7-5-4-6-8-21)25-11-12-26-24-10-9-22-19-23(31)13-16-28(22,2)27(24)14-17-29(25,26)3/h4-9,23-27,31H,10-19H2,1-3H3/t23-,24-,25+,26-,27-,28-,29+/m0/s1. The van der Waals surface area contributed by atoms with Gasteiger partial charge >= 0.3 is 0 Å². The molecule has 1 aromatic carbocycles. The van der Waals surface area contributed by atoms with Gasteiger partial charge in [-0.05, 0) is 98.9 Å². The number of aliphatic imine (C=N–C) groups is 1. The van der Waals surface area contributed by atoms with E-state index < -0.39 is 0 Å². The average molecular weight is 420 g/mol. The van der Waals surface area contributed by atoms with Crippen molar-refractivity contribution in [3.05, 3.63) is 47.5 Å². The number of hydrogen-bond donors (Lipinski definition) is 1. The molecule has 2 nitrogen and oxygen atoms in total. The molecule has 5 rings (SSSR count). The molecule has 168 valence electrons. The van der Waals surface area contributed by atoms with E-state index in [9.17, 15) is 5.11 Å². The van der Waals surface area contributed by atoms with Gasteiger partial charge in [0.05, 0.1) is 6.10 Å². The molecule has 1 aromatic rings. The lowest BCUT2D eigenvalue weighted by Gasteiger charge is -2.58. The fraction of sp³-hybridized carbons (Fsp3) is 0.690. The van der Waals surface area contributed by atoms with Gasteiger partial charge in [-0.3, -0.25) is 4.99 Å². The molecule has 3 fully saturated rings. The molecular weight excluding hydrogens is 378 g/mol. The number of rotatable bonds is 4. The van der Waals surface area contributed by atoms with Gasteiger partial charge in [0.2, 0.25) is 0 Å². The molecule has 1 N–H and O–H groups in total. The third-order valence-electron chi connectivity index (χ3n) is 10.2. The van der Waals surface area contributed by atoms with E-state index in [0.717, 1.165) is 43.6 Å². The van der Waals surface area contributed by atoms with Crippen LogP contribution < -0.4 is 0 Å². The Bertz CT molecular complexity index is 857. The average Bonchev–Trinajstić information content (AvgIpc) is 3.12. The number of allylic oxidation sites excluding steroid dienone is 1. The fourth-order valence-electron chi connectivity index (χ4n) is 8.44. The van der Waals surface area contributed by atoms with Crippen molar-refractivity contribution in [2.45, 2.75) is 84.7 Å². The first kappa shape index (κ1) is 21.4. The minimum Gasteiger partial charge on any atom is -0.393 e. The summed E-state index contributed by atoms with van der Waals surface area (Å²) in [4.78, 5) is 5.11. The number of fused-ring (bicyclic) bond motifs is 5. The third-order valence-corrected chi connectivity index (χ3v) is 10.2. The predicted molar refractivity (Wildman–Crippen MR) is 129 cm³/mol. The molecule has 4 aliphatic rings. The highest BCUT2D eigenvalue weighted by molar-refractivity contribution is 5.85. The first-order valence-corrected chi connectivity index (χ1v) is 12.8. The minimum atomic E-state index is -0.102. The van der Waals surface area contributed by atoms with E-state index in [1.165, 1.54) is 49.8 Å². The van der Waals surface area contributed by atoms with Crippen LogP contribution in [0.4, 0.5) is 0 Å². The molecule has 0 aromatic heterocycles. The van der Waals surface area contributed by atoms with Crippen LogP contribution in [0.5, 0.6) is 0 Å². The van der Waals surface area contributed by atoms with Gasteiger partial charge in [0.15, 0.2) is 0 Å². The summed E-state index contributed by atoms with van der Waals surface area (Å²) in [5.41, 5.74) is 5.17. The Labute approximate surface area is 189 Å². The zero-order valence-corrected chi connectivity index (χ0v) is 19.8. The highest BCUT2D eigenvalue weighted by atomic mass is 16.3. The van der Waals surface area contributed by atoms with Gasteiger partial charge in [-0.25, -0.2) is 0 Å². The number of benzene rings is 1. The van der Waals surface area contributed by atoms with Crippen LogP contribution in [-0.2, 0) is 6.42 Å². The van der Waals surface area contributed by atoms with Crippen molar-refractivity contribution in [2.75, 3.05) is 6.54 Å². The maximum Gasteiger partial charge on any atom is 0.0577 e. The van der Waals surface area contributed by atoms with Crippen molar-refractivity contribution in [2.24, 2.45) is 39.5 Å². The first-order chi connectivity index (χ1) is 14.9. The molecular formula is C29H41NO. The van der Waals surface area contributed by atoms with Gasteiger partial charge in [-0.1, -0.05) is 55.8 Å². The summed E-state index contributed by atoms with van der Waals surface area (Å²) in [6.07, 6.45) is 13.3. The molecule has 7 atom stereocenters. The number of nitrogens with zero attached hydrogens (tertiary/aromatic N) is 1. The van der Waals surface area contributed by atoms with Crippen molar-refractivity contribution < 1.29 is 5.11 Å². The van der Waals surface area contributed by atoms with Crippen LogP contribution in [0.15, 0.2) is 47.0 Å². The van der Waals surface area contributed by atoms with Crippen molar-refractivity contribution >= 4 is 5.71 Å². The van der Waals surface area contributed by atoms with E-state index in [0.29, 0.717) is 16.7 Å². The van der Waals surface area contributed by atoms with Gasteiger partial charge in [-0.2, -0.15) is 0 Å². The largest absolute Gasteiger partial charge is 0.393 e. The zero-order chi connectivity index (χ0) is 21.6. The summed E-state index contributed by atoms with van der Waals surface area (Å²) in [5.74, 6) is 3.18. The summed E-state index contributed by atoms with van der Waals surface area (Å²) >= 11 is 0. The lowest BCUT2D eigenvalue weighted by Crippen LogP contribution is -2.50. The Morgan fingerprint density at radius 2 is 1.84 bits per heavy atom. The SMILES string of the molecule is CC(=NCCc1ccccc1)[C@H]1CC[C@H]2[C@@H]3CC=C4C[C@@H](O)CC[C@]4(C)[C@H]3CC[C@]12C. The quantitative estimate of drug-likeness (QED) is 0.431. The zero-order valence-electron chi connectivity index (χ0n) is 19.8. The van der Waals surface area contributed by atoms with Crippen molar-refractivity contribution in [1.82, 2.24) is 0 Å². The molecule has 2 heteroatoms. The number of aliphatic hydroxyl groups is 1. The number of hydrogen-bond acceptors (Lipinski definition) is 2. The maximum atomic E-state index is 10.2. The first-order valence-electron chi connectivity index (χ1n) is 12.8. The van der Waals surface area contributed by atoms with Crippen LogP contribution in [-0.4, -0.2) is 23.5 Å². The predicted octanol–water partition coefficient (Wildman–Crippen LogP) is 6.63. The summed E-state index contributed by atoms with van der Waals surface area (Å²) < 4.78 is 0. The normalized spacial score (nSPS) is 42.4. The van der Waals surface area contributed by atoms with Crippen LogP contribution in [0, 0.1) is 34.5 Å². The number of aliphatic hydroxyl groups excluding tert-OH is 1. The van der Waals surface area contributed by atoms with E-state index in [4.69, 9.17) is 4.99 Å². The molecule has 4 aliphatic carbocycles.